The molecule has 1 aliphatic carbocycles. The number of anilines is 1. The molecule has 2 rings (SSSR count). The van der Waals surface area contributed by atoms with Crippen LogP contribution in [0.15, 0.2) is 24.3 Å². The number of amides is 2. The van der Waals surface area contributed by atoms with E-state index in [9.17, 15) is 18.0 Å². The first kappa shape index (κ1) is 15.7. The molecule has 1 aromatic carbocycles. The molecule has 1 aliphatic rings. The number of carbonyl (C=O) groups excluding carboxylic acids is 1. The van der Waals surface area contributed by atoms with E-state index >= 15 is 0 Å². The lowest BCUT2D eigenvalue weighted by molar-refractivity contribution is -0.136. The molecule has 0 radical (unpaired) electrons. The summed E-state index contributed by atoms with van der Waals surface area (Å²) in [5.41, 5.74) is -1.05. The number of urea groups is 1. The summed E-state index contributed by atoms with van der Waals surface area (Å²) in [5.74, 6) is 0.650. The maximum atomic E-state index is 12.8. The molecule has 0 heterocycles. The number of carbonyl (C=O) groups is 1. The highest BCUT2D eigenvalue weighted by Gasteiger charge is 2.33. The molecule has 0 aliphatic heterocycles. The minimum Gasteiger partial charge on any atom is -0.335 e. The minimum atomic E-state index is -4.48. The van der Waals surface area contributed by atoms with E-state index in [-0.39, 0.29) is 11.7 Å². The smallest absolute Gasteiger partial charge is 0.335 e. The SMILES string of the molecule is CC1CCC(NC(=O)Nc2ccccc2C(F)(F)F)CC1. The van der Waals surface area contributed by atoms with Crippen LogP contribution in [0.1, 0.15) is 38.2 Å². The molecule has 0 spiro atoms. The quantitative estimate of drug-likeness (QED) is 0.834. The lowest BCUT2D eigenvalue weighted by atomic mass is 9.87. The van der Waals surface area contributed by atoms with Gasteiger partial charge in [0.15, 0.2) is 0 Å². The van der Waals surface area contributed by atoms with Crippen LogP contribution in [0.4, 0.5) is 23.7 Å². The van der Waals surface area contributed by atoms with Gasteiger partial charge in [0.25, 0.3) is 0 Å². The van der Waals surface area contributed by atoms with Crippen LogP contribution in [0.5, 0.6) is 0 Å². The van der Waals surface area contributed by atoms with Gasteiger partial charge in [-0.15, -0.1) is 0 Å². The van der Waals surface area contributed by atoms with Crippen molar-refractivity contribution < 1.29 is 18.0 Å². The summed E-state index contributed by atoms with van der Waals surface area (Å²) >= 11 is 0. The van der Waals surface area contributed by atoms with Crippen LogP contribution in [0.2, 0.25) is 0 Å². The third-order valence-electron chi connectivity index (χ3n) is 3.83. The molecular formula is C15H19F3N2O. The van der Waals surface area contributed by atoms with Crippen molar-refractivity contribution in [1.82, 2.24) is 5.32 Å². The summed E-state index contributed by atoms with van der Waals surface area (Å²) in [6, 6.07) is 4.44. The largest absolute Gasteiger partial charge is 0.418 e. The van der Waals surface area contributed by atoms with Gasteiger partial charge in [0.1, 0.15) is 0 Å². The second-order valence-electron chi connectivity index (χ2n) is 5.60. The average Bonchev–Trinajstić information content (AvgIpc) is 2.41. The van der Waals surface area contributed by atoms with Crippen molar-refractivity contribution in [2.75, 3.05) is 5.32 Å². The lowest BCUT2D eigenvalue weighted by Gasteiger charge is -2.27. The highest BCUT2D eigenvalue weighted by Crippen LogP contribution is 2.34. The highest BCUT2D eigenvalue weighted by molar-refractivity contribution is 5.90. The van der Waals surface area contributed by atoms with E-state index in [2.05, 4.69) is 17.6 Å². The van der Waals surface area contributed by atoms with Gasteiger partial charge in [-0.1, -0.05) is 19.1 Å². The van der Waals surface area contributed by atoms with Gasteiger partial charge in [0, 0.05) is 6.04 Å². The molecule has 0 saturated heterocycles. The third-order valence-corrected chi connectivity index (χ3v) is 3.83. The maximum Gasteiger partial charge on any atom is 0.418 e. The molecule has 0 atom stereocenters. The Morgan fingerprint density at radius 3 is 2.38 bits per heavy atom. The molecule has 6 heteroatoms. The molecule has 2 N–H and O–H groups in total. The Kier molecular flexibility index (Phi) is 4.75. The summed E-state index contributed by atoms with van der Waals surface area (Å²) in [6.07, 6.45) is -0.677. The molecule has 1 saturated carbocycles. The molecule has 0 aromatic heterocycles. The Bertz CT molecular complexity index is 494. The Balaban J connectivity index is 1.97. The lowest BCUT2D eigenvalue weighted by Crippen LogP contribution is -2.40. The predicted octanol–water partition coefficient (Wildman–Crippen LogP) is 4.41. The van der Waals surface area contributed by atoms with E-state index < -0.39 is 17.8 Å². The fraction of sp³-hybridized carbons (Fsp3) is 0.533. The molecule has 3 nitrogen and oxygen atoms in total. The van der Waals surface area contributed by atoms with Gasteiger partial charge in [-0.2, -0.15) is 13.2 Å². The molecule has 2 amide bonds. The molecule has 0 unspecified atom stereocenters. The summed E-state index contributed by atoms with van der Waals surface area (Å²) < 4.78 is 38.5. The average molecular weight is 300 g/mol. The Morgan fingerprint density at radius 2 is 1.76 bits per heavy atom. The van der Waals surface area contributed by atoms with Gasteiger partial charge in [-0.25, -0.2) is 4.79 Å². The van der Waals surface area contributed by atoms with Gasteiger partial charge >= 0.3 is 12.2 Å². The molecule has 21 heavy (non-hydrogen) atoms. The van der Waals surface area contributed by atoms with Crippen molar-refractivity contribution in [1.29, 1.82) is 0 Å². The van der Waals surface area contributed by atoms with Gasteiger partial charge in [0.2, 0.25) is 0 Å². The zero-order valence-corrected chi connectivity index (χ0v) is 11.8. The van der Waals surface area contributed by atoms with Gasteiger partial charge in [-0.05, 0) is 43.7 Å². The zero-order valence-electron chi connectivity index (χ0n) is 11.8. The van der Waals surface area contributed by atoms with E-state index in [4.69, 9.17) is 0 Å². The Morgan fingerprint density at radius 1 is 1.14 bits per heavy atom. The first-order valence-corrected chi connectivity index (χ1v) is 7.10. The topological polar surface area (TPSA) is 41.1 Å². The van der Waals surface area contributed by atoms with Crippen LogP contribution >= 0.6 is 0 Å². The Labute approximate surface area is 121 Å². The Hall–Kier alpha value is -1.72. The minimum absolute atomic E-state index is 0.0410. The fourth-order valence-electron chi connectivity index (χ4n) is 2.59. The van der Waals surface area contributed by atoms with Crippen molar-refractivity contribution in [2.24, 2.45) is 5.92 Å². The highest BCUT2D eigenvalue weighted by atomic mass is 19.4. The van der Waals surface area contributed by atoms with Crippen molar-refractivity contribution in [2.45, 2.75) is 44.8 Å². The molecule has 0 bridgehead atoms. The molecule has 1 fully saturated rings. The van der Waals surface area contributed by atoms with Gasteiger partial charge < -0.3 is 10.6 Å². The molecule has 116 valence electrons. The normalized spacial score (nSPS) is 22.7. The van der Waals surface area contributed by atoms with E-state index in [1.165, 1.54) is 18.2 Å². The first-order valence-electron chi connectivity index (χ1n) is 7.10. The number of halogens is 3. The van der Waals surface area contributed by atoms with Crippen molar-refractivity contribution in [3.05, 3.63) is 29.8 Å². The summed E-state index contributed by atoms with van der Waals surface area (Å²) in [6.45, 7) is 2.16. The van der Waals surface area contributed by atoms with Crippen LogP contribution in [0, 0.1) is 5.92 Å². The fourth-order valence-corrected chi connectivity index (χ4v) is 2.59. The number of nitrogens with one attached hydrogen (secondary N) is 2. The van der Waals surface area contributed by atoms with Gasteiger partial charge in [0.05, 0.1) is 11.3 Å². The zero-order chi connectivity index (χ0) is 15.5. The second-order valence-corrected chi connectivity index (χ2v) is 5.60. The monoisotopic (exact) mass is 300 g/mol. The van der Waals surface area contributed by atoms with E-state index in [1.807, 2.05) is 0 Å². The molecular weight excluding hydrogens is 281 g/mol. The van der Waals surface area contributed by atoms with Crippen molar-refractivity contribution >= 4 is 11.7 Å². The van der Waals surface area contributed by atoms with Crippen LogP contribution in [0.3, 0.4) is 0 Å². The second kappa shape index (κ2) is 6.37. The van der Waals surface area contributed by atoms with E-state index in [0.717, 1.165) is 31.7 Å². The van der Waals surface area contributed by atoms with Crippen LogP contribution in [-0.2, 0) is 6.18 Å². The number of benzene rings is 1. The summed E-state index contributed by atoms with van der Waals surface area (Å²) in [4.78, 5) is 11.9. The number of alkyl halides is 3. The number of rotatable bonds is 2. The van der Waals surface area contributed by atoms with E-state index in [1.54, 1.807) is 0 Å². The third kappa shape index (κ3) is 4.37. The number of para-hydroxylation sites is 1. The van der Waals surface area contributed by atoms with Gasteiger partial charge in [-0.3, -0.25) is 0 Å². The van der Waals surface area contributed by atoms with Crippen LogP contribution in [-0.4, -0.2) is 12.1 Å². The standard InChI is InChI=1S/C15H19F3N2O/c1-10-6-8-11(9-7-10)19-14(21)20-13-5-3-2-4-12(13)15(16,17)18/h2-5,10-11H,6-9H2,1H3,(H2,19,20,21). The predicted molar refractivity (Wildman–Crippen MR) is 75.0 cm³/mol. The van der Waals surface area contributed by atoms with Crippen LogP contribution in [0.25, 0.3) is 0 Å². The number of hydrogen-bond acceptors (Lipinski definition) is 1. The van der Waals surface area contributed by atoms with Crippen molar-refractivity contribution in [3.63, 3.8) is 0 Å². The number of hydrogen-bond donors (Lipinski definition) is 2. The van der Waals surface area contributed by atoms with Crippen LogP contribution < -0.4 is 10.6 Å². The first-order chi connectivity index (χ1) is 9.86. The summed E-state index contributed by atoms with van der Waals surface area (Å²) in [7, 11) is 0. The van der Waals surface area contributed by atoms with E-state index in [0.29, 0.717) is 5.92 Å². The molecule has 1 aromatic rings. The summed E-state index contributed by atoms with van der Waals surface area (Å²) in [5, 5.41) is 5.05. The van der Waals surface area contributed by atoms with Crippen molar-refractivity contribution in [3.8, 4) is 0 Å². The maximum absolute atomic E-state index is 12.8.